The molecule has 0 radical (unpaired) electrons. The first-order valence-electron chi connectivity index (χ1n) is 10.9. The highest BCUT2D eigenvalue weighted by Gasteiger charge is 2.12. The lowest BCUT2D eigenvalue weighted by atomic mass is 10.1. The SMILES string of the molecule is CCCCCCCCCCn1c(CNC(=O)c2cccnc2)nc2ccccc21. The Hall–Kier alpha value is -2.69. The molecule has 154 valence electrons. The Morgan fingerprint density at radius 1 is 0.966 bits per heavy atom. The normalized spacial score (nSPS) is 11.1. The van der Waals surface area contributed by atoms with Crippen molar-refractivity contribution in [2.75, 3.05) is 0 Å². The molecular formula is C24H32N4O. The molecule has 1 aromatic carbocycles. The number of nitrogens with one attached hydrogen (secondary N) is 1. The van der Waals surface area contributed by atoms with E-state index in [9.17, 15) is 4.79 Å². The number of imidazole rings is 1. The van der Waals surface area contributed by atoms with Crippen molar-refractivity contribution in [2.24, 2.45) is 0 Å². The van der Waals surface area contributed by atoms with Crippen LogP contribution in [0.2, 0.25) is 0 Å². The van der Waals surface area contributed by atoms with Gasteiger partial charge >= 0.3 is 0 Å². The minimum Gasteiger partial charge on any atom is -0.345 e. The van der Waals surface area contributed by atoms with E-state index in [1.54, 1.807) is 24.5 Å². The molecule has 2 heterocycles. The van der Waals surface area contributed by atoms with Gasteiger partial charge in [-0.2, -0.15) is 0 Å². The second-order valence-corrected chi connectivity index (χ2v) is 7.57. The molecule has 0 unspecified atom stereocenters. The lowest BCUT2D eigenvalue weighted by Crippen LogP contribution is -2.24. The number of nitrogens with zero attached hydrogens (tertiary/aromatic N) is 3. The predicted molar refractivity (Wildman–Crippen MR) is 118 cm³/mol. The fourth-order valence-electron chi connectivity index (χ4n) is 3.67. The summed E-state index contributed by atoms with van der Waals surface area (Å²) in [5.41, 5.74) is 2.69. The zero-order valence-corrected chi connectivity index (χ0v) is 17.4. The molecule has 0 spiro atoms. The number of benzene rings is 1. The van der Waals surface area contributed by atoms with Crippen LogP contribution in [-0.2, 0) is 13.1 Å². The molecule has 0 fully saturated rings. The maximum atomic E-state index is 12.4. The Morgan fingerprint density at radius 2 is 1.72 bits per heavy atom. The molecule has 29 heavy (non-hydrogen) atoms. The average molecular weight is 393 g/mol. The standard InChI is InChI=1S/C24H32N4O/c1-2-3-4-5-6-7-8-11-17-28-22-15-10-9-14-21(22)27-23(28)19-26-24(29)20-13-12-16-25-18-20/h9-10,12-16,18H,2-8,11,17,19H2,1H3,(H,26,29). The van der Waals surface area contributed by atoms with E-state index in [1.165, 1.54) is 44.9 Å². The topological polar surface area (TPSA) is 59.8 Å². The Labute approximate surface area is 173 Å². The number of carbonyl (C=O) groups is 1. The number of hydrogen-bond donors (Lipinski definition) is 1. The number of carbonyl (C=O) groups excluding carboxylic acids is 1. The van der Waals surface area contributed by atoms with Gasteiger partial charge in [-0.1, -0.05) is 64.0 Å². The molecule has 5 nitrogen and oxygen atoms in total. The monoisotopic (exact) mass is 392 g/mol. The van der Waals surface area contributed by atoms with E-state index in [-0.39, 0.29) is 5.91 Å². The lowest BCUT2D eigenvalue weighted by Gasteiger charge is -2.10. The fourth-order valence-corrected chi connectivity index (χ4v) is 3.67. The number of pyridine rings is 1. The van der Waals surface area contributed by atoms with Crippen LogP contribution in [0.15, 0.2) is 48.8 Å². The van der Waals surface area contributed by atoms with Crippen molar-refractivity contribution in [1.82, 2.24) is 19.9 Å². The Balaban J connectivity index is 1.57. The summed E-state index contributed by atoms with van der Waals surface area (Å²) in [6.07, 6.45) is 13.6. The van der Waals surface area contributed by atoms with E-state index in [1.807, 2.05) is 18.2 Å². The van der Waals surface area contributed by atoms with Crippen molar-refractivity contribution < 1.29 is 4.79 Å². The molecule has 0 bridgehead atoms. The highest BCUT2D eigenvalue weighted by molar-refractivity contribution is 5.93. The minimum absolute atomic E-state index is 0.121. The third-order valence-corrected chi connectivity index (χ3v) is 5.30. The van der Waals surface area contributed by atoms with Crippen LogP contribution in [-0.4, -0.2) is 20.4 Å². The van der Waals surface area contributed by atoms with E-state index in [4.69, 9.17) is 4.98 Å². The Kier molecular flexibility index (Phi) is 8.23. The van der Waals surface area contributed by atoms with Crippen molar-refractivity contribution in [3.8, 4) is 0 Å². The van der Waals surface area contributed by atoms with Crippen LogP contribution in [0.25, 0.3) is 11.0 Å². The average Bonchev–Trinajstić information content (AvgIpc) is 3.12. The lowest BCUT2D eigenvalue weighted by molar-refractivity contribution is 0.0949. The third kappa shape index (κ3) is 6.14. The smallest absolute Gasteiger partial charge is 0.253 e. The van der Waals surface area contributed by atoms with Crippen molar-refractivity contribution in [2.45, 2.75) is 71.4 Å². The van der Waals surface area contributed by atoms with Crippen molar-refractivity contribution in [1.29, 1.82) is 0 Å². The number of aromatic nitrogens is 3. The quantitative estimate of drug-likeness (QED) is 0.414. The number of unbranched alkanes of at least 4 members (excludes halogenated alkanes) is 7. The van der Waals surface area contributed by atoms with Crippen molar-refractivity contribution in [3.63, 3.8) is 0 Å². The zero-order chi connectivity index (χ0) is 20.3. The van der Waals surface area contributed by atoms with Crippen LogP contribution < -0.4 is 5.32 Å². The van der Waals surface area contributed by atoms with Crippen LogP contribution in [0, 0.1) is 0 Å². The van der Waals surface area contributed by atoms with Gasteiger partial charge in [0.15, 0.2) is 0 Å². The second-order valence-electron chi connectivity index (χ2n) is 7.57. The Morgan fingerprint density at radius 3 is 2.48 bits per heavy atom. The van der Waals surface area contributed by atoms with Crippen LogP contribution in [0.1, 0.15) is 74.5 Å². The van der Waals surface area contributed by atoms with Gasteiger partial charge in [-0.05, 0) is 30.7 Å². The second kappa shape index (κ2) is 11.3. The highest BCUT2D eigenvalue weighted by Crippen LogP contribution is 2.18. The summed E-state index contributed by atoms with van der Waals surface area (Å²) >= 11 is 0. The molecular weight excluding hydrogens is 360 g/mol. The summed E-state index contributed by atoms with van der Waals surface area (Å²) in [6, 6.07) is 11.7. The van der Waals surface area contributed by atoms with Gasteiger partial charge in [0.05, 0.1) is 23.1 Å². The maximum Gasteiger partial charge on any atom is 0.253 e. The van der Waals surface area contributed by atoms with Crippen LogP contribution in [0.4, 0.5) is 0 Å². The summed E-state index contributed by atoms with van der Waals surface area (Å²) in [6.45, 7) is 3.61. The van der Waals surface area contributed by atoms with Gasteiger partial charge in [0.25, 0.3) is 5.91 Å². The summed E-state index contributed by atoms with van der Waals surface area (Å²) in [4.78, 5) is 21.1. The summed E-state index contributed by atoms with van der Waals surface area (Å²) in [5.74, 6) is 0.787. The van der Waals surface area contributed by atoms with Crippen molar-refractivity contribution >= 4 is 16.9 Å². The fraction of sp³-hybridized carbons (Fsp3) is 0.458. The van der Waals surface area contributed by atoms with E-state index in [2.05, 4.69) is 27.9 Å². The zero-order valence-electron chi connectivity index (χ0n) is 17.4. The van der Waals surface area contributed by atoms with E-state index >= 15 is 0 Å². The largest absolute Gasteiger partial charge is 0.345 e. The van der Waals surface area contributed by atoms with Gasteiger partial charge in [-0.3, -0.25) is 9.78 Å². The molecule has 1 amide bonds. The Bertz CT molecular complexity index is 888. The van der Waals surface area contributed by atoms with Crippen LogP contribution >= 0.6 is 0 Å². The first-order chi connectivity index (χ1) is 14.3. The molecule has 2 aromatic heterocycles. The first-order valence-corrected chi connectivity index (χ1v) is 10.9. The maximum absolute atomic E-state index is 12.4. The summed E-state index contributed by atoms with van der Waals surface area (Å²) in [7, 11) is 0. The summed E-state index contributed by atoms with van der Waals surface area (Å²) < 4.78 is 2.26. The molecule has 0 saturated heterocycles. The third-order valence-electron chi connectivity index (χ3n) is 5.30. The molecule has 0 saturated carbocycles. The number of fused-ring (bicyclic) bond motifs is 1. The molecule has 0 aliphatic rings. The number of para-hydroxylation sites is 2. The van der Waals surface area contributed by atoms with Gasteiger partial charge in [0.2, 0.25) is 0 Å². The van der Waals surface area contributed by atoms with Gasteiger partial charge in [0, 0.05) is 18.9 Å². The minimum atomic E-state index is -0.121. The molecule has 0 aliphatic heterocycles. The van der Waals surface area contributed by atoms with Gasteiger partial charge in [-0.15, -0.1) is 0 Å². The number of rotatable bonds is 12. The van der Waals surface area contributed by atoms with Crippen LogP contribution in [0.5, 0.6) is 0 Å². The predicted octanol–water partition coefficient (Wildman–Crippen LogP) is 5.50. The first kappa shape index (κ1) is 21.0. The highest BCUT2D eigenvalue weighted by atomic mass is 16.1. The molecule has 5 heteroatoms. The number of amides is 1. The van der Waals surface area contributed by atoms with E-state index < -0.39 is 0 Å². The van der Waals surface area contributed by atoms with E-state index in [0.717, 1.165) is 29.8 Å². The number of hydrogen-bond acceptors (Lipinski definition) is 3. The van der Waals surface area contributed by atoms with E-state index in [0.29, 0.717) is 12.1 Å². The molecule has 3 rings (SSSR count). The van der Waals surface area contributed by atoms with Gasteiger partial charge < -0.3 is 9.88 Å². The molecule has 0 aliphatic carbocycles. The summed E-state index contributed by atoms with van der Waals surface area (Å²) in [5, 5.41) is 2.98. The van der Waals surface area contributed by atoms with Gasteiger partial charge in [-0.25, -0.2) is 4.98 Å². The molecule has 3 aromatic rings. The number of aryl methyl sites for hydroxylation is 1. The molecule has 0 atom stereocenters. The van der Waals surface area contributed by atoms with Crippen molar-refractivity contribution in [3.05, 3.63) is 60.2 Å². The van der Waals surface area contributed by atoms with Crippen LogP contribution in [0.3, 0.4) is 0 Å². The molecule has 1 N–H and O–H groups in total. The van der Waals surface area contributed by atoms with Gasteiger partial charge in [0.1, 0.15) is 5.82 Å².